The number of halogens is 1. The number of sulfonamides is 1. The topological polar surface area (TPSA) is 107 Å². The predicted molar refractivity (Wildman–Crippen MR) is 151 cm³/mol. The van der Waals surface area contributed by atoms with Crippen molar-refractivity contribution in [3.05, 3.63) is 71.0 Å². The molecule has 41 heavy (non-hydrogen) atoms. The van der Waals surface area contributed by atoms with Crippen LogP contribution in [0.4, 0.5) is 10.1 Å². The summed E-state index contributed by atoms with van der Waals surface area (Å²) in [5, 5.41) is 3.79. The molecule has 214 valence electrons. The number of benzene rings is 3. The molecule has 3 aliphatic rings. The van der Waals surface area contributed by atoms with Gasteiger partial charge in [-0.15, -0.1) is 0 Å². The van der Waals surface area contributed by atoms with Gasteiger partial charge in [0.25, 0.3) is 5.91 Å². The number of nitrogens with one attached hydrogen (secondary N) is 1. The van der Waals surface area contributed by atoms with Crippen molar-refractivity contribution >= 4 is 44.2 Å². The van der Waals surface area contributed by atoms with Crippen molar-refractivity contribution in [1.29, 1.82) is 0 Å². The van der Waals surface area contributed by atoms with Crippen LogP contribution < -0.4 is 10.2 Å². The number of imide groups is 1. The van der Waals surface area contributed by atoms with E-state index in [0.717, 1.165) is 11.1 Å². The summed E-state index contributed by atoms with van der Waals surface area (Å²) in [7, 11) is 0.0509. The van der Waals surface area contributed by atoms with Gasteiger partial charge in [-0.05, 0) is 54.5 Å². The van der Waals surface area contributed by atoms with Crippen molar-refractivity contribution in [3.8, 4) is 0 Å². The number of fused-ring (bicyclic) bond motifs is 2. The molecule has 0 bridgehead atoms. The Morgan fingerprint density at radius 1 is 0.951 bits per heavy atom. The molecule has 1 unspecified atom stereocenters. The van der Waals surface area contributed by atoms with Crippen molar-refractivity contribution in [1.82, 2.24) is 14.5 Å². The number of rotatable bonds is 5. The fraction of sp³-hybridized carbons (Fsp3) is 0.367. The van der Waals surface area contributed by atoms with Crippen LogP contribution in [0.1, 0.15) is 53.1 Å². The van der Waals surface area contributed by atoms with E-state index in [1.54, 1.807) is 18.2 Å². The van der Waals surface area contributed by atoms with E-state index in [0.29, 0.717) is 29.4 Å². The molecule has 0 aliphatic carbocycles. The Labute approximate surface area is 238 Å². The molecule has 3 aliphatic heterocycles. The molecule has 2 fully saturated rings. The number of nitrogens with zero attached hydrogens (tertiary/aromatic N) is 3. The summed E-state index contributed by atoms with van der Waals surface area (Å²) in [4.78, 5) is 40.5. The lowest BCUT2D eigenvalue weighted by atomic mass is 9.88. The summed E-state index contributed by atoms with van der Waals surface area (Å²) in [6.07, 6.45) is 1.26. The molecule has 3 heterocycles. The van der Waals surface area contributed by atoms with Gasteiger partial charge in [0.15, 0.2) is 0 Å². The number of hydrogen-bond donors (Lipinski definition) is 1. The lowest BCUT2D eigenvalue weighted by Crippen LogP contribution is -2.52. The van der Waals surface area contributed by atoms with Crippen molar-refractivity contribution in [3.63, 3.8) is 0 Å². The normalized spacial score (nSPS) is 20.4. The summed E-state index contributed by atoms with van der Waals surface area (Å²) in [6.45, 7) is 0.653. The lowest BCUT2D eigenvalue weighted by molar-refractivity contribution is -0.136. The van der Waals surface area contributed by atoms with Gasteiger partial charge in [-0.2, -0.15) is 4.31 Å². The maximum atomic E-state index is 15.3. The van der Waals surface area contributed by atoms with Crippen LogP contribution in [0.2, 0.25) is 0 Å². The number of amides is 3. The number of hydrogen-bond acceptors (Lipinski definition) is 6. The Balaban J connectivity index is 1.20. The highest BCUT2D eigenvalue weighted by atomic mass is 32.2. The summed E-state index contributed by atoms with van der Waals surface area (Å²) in [6, 6.07) is 13.1. The predicted octanol–water partition coefficient (Wildman–Crippen LogP) is 3.37. The second-order valence-corrected chi connectivity index (χ2v) is 13.0. The third-order valence-corrected chi connectivity index (χ3v) is 10.5. The van der Waals surface area contributed by atoms with Crippen LogP contribution in [0, 0.1) is 5.82 Å². The zero-order valence-electron chi connectivity index (χ0n) is 22.9. The van der Waals surface area contributed by atoms with Gasteiger partial charge in [-0.1, -0.05) is 30.3 Å². The van der Waals surface area contributed by atoms with Gasteiger partial charge in [0.1, 0.15) is 11.9 Å². The molecule has 6 rings (SSSR count). The van der Waals surface area contributed by atoms with E-state index in [1.807, 2.05) is 43.3 Å². The number of carbonyl (C=O) groups excluding carboxylic acids is 3. The Kier molecular flexibility index (Phi) is 6.82. The summed E-state index contributed by atoms with van der Waals surface area (Å²) >= 11 is 0. The highest BCUT2D eigenvalue weighted by Crippen LogP contribution is 2.38. The number of carbonyl (C=O) groups is 3. The van der Waals surface area contributed by atoms with Crippen molar-refractivity contribution in [2.75, 3.05) is 32.1 Å². The van der Waals surface area contributed by atoms with Gasteiger partial charge < -0.3 is 9.80 Å². The molecule has 11 heteroatoms. The SMILES string of the molecule is CN(C)c1cccc2c(S(=O)(=O)N3CCC(c4cc5c(cc4F)C(=O)N(C4CCC(=O)NC4=O)C5)CC3)cccc12. The Morgan fingerprint density at radius 2 is 1.66 bits per heavy atom. The van der Waals surface area contributed by atoms with E-state index in [1.165, 1.54) is 15.3 Å². The van der Waals surface area contributed by atoms with Crippen LogP contribution in [0.15, 0.2) is 53.4 Å². The average Bonchev–Trinajstić information content (AvgIpc) is 3.26. The van der Waals surface area contributed by atoms with Crippen LogP contribution in [0.3, 0.4) is 0 Å². The van der Waals surface area contributed by atoms with E-state index in [2.05, 4.69) is 5.32 Å². The van der Waals surface area contributed by atoms with Gasteiger partial charge in [-0.3, -0.25) is 19.7 Å². The van der Waals surface area contributed by atoms with Gasteiger partial charge in [0.2, 0.25) is 21.8 Å². The Morgan fingerprint density at radius 3 is 2.37 bits per heavy atom. The first-order valence-corrected chi connectivity index (χ1v) is 15.2. The van der Waals surface area contributed by atoms with Crippen LogP contribution in [-0.4, -0.2) is 68.6 Å². The third-order valence-electron chi connectivity index (χ3n) is 8.49. The number of anilines is 1. The Bertz CT molecular complexity index is 1700. The van der Waals surface area contributed by atoms with E-state index in [-0.39, 0.29) is 54.8 Å². The Hall–Kier alpha value is -3.83. The summed E-state index contributed by atoms with van der Waals surface area (Å²) in [5.41, 5.74) is 2.25. The van der Waals surface area contributed by atoms with E-state index in [9.17, 15) is 22.8 Å². The van der Waals surface area contributed by atoms with Crippen molar-refractivity contribution < 1.29 is 27.2 Å². The lowest BCUT2D eigenvalue weighted by Gasteiger charge is -2.32. The highest BCUT2D eigenvalue weighted by Gasteiger charge is 2.40. The molecule has 0 aromatic heterocycles. The molecule has 1 N–H and O–H groups in total. The molecule has 3 amide bonds. The average molecular weight is 579 g/mol. The first-order chi connectivity index (χ1) is 19.6. The second kappa shape index (κ2) is 10.2. The standard InChI is InChI=1S/C30H31FN4O5S/c1-33(2)25-7-3-6-21-20(25)5-4-8-27(21)41(39,40)34-13-11-18(12-14-34)22-15-19-17-35(30(38)23(19)16-24(22)31)26-9-10-28(36)32-29(26)37/h3-8,15-16,18,26H,9-14,17H2,1-2H3,(H,32,36,37). The molecule has 1 atom stereocenters. The van der Waals surface area contributed by atoms with Crippen LogP contribution in [0.25, 0.3) is 10.8 Å². The summed E-state index contributed by atoms with van der Waals surface area (Å²) in [5.74, 6) is -2.02. The molecule has 3 aromatic rings. The van der Waals surface area contributed by atoms with Crippen molar-refractivity contribution in [2.24, 2.45) is 0 Å². The van der Waals surface area contributed by atoms with Crippen LogP contribution in [0.5, 0.6) is 0 Å². The first kappa shape index (κ1) is 27.3. The zero-order chi connectivity index (χ0) is 29.1. The van der Waals surface area contributed by atoms with Gasteiger partial charge in [-0.25, -0.2) is 12.8 Å². The molecule has 0 radical (unpaired) electrons. The minimum Gasteiger partial charge on any atom is -0.377 e. The molecule has 9 nitrogen and oxygen atoms in total. The summed E-state index contributed by atoms with van der Waals surface area (Å²) < 4.78 is 44.3. The van der Waals surface area contributed by atoms with Crippen LogP contribution in [-0.2, 0) is 26.2 Å². The molecule has 0 saturated carbocycles. The van der Waals surface area contributed by atoms with Crippen molar-refractivity contribution in [2.45, 2.75) is 49.1 Å². The molecule has 0 spiro atoms. The molecular formula is C30H31FN4O5S. The quantitative estimate of drug-likeness (QED) is 0.466. The van der Waals surface area contributed by atoms with E-state index < -0.39 is 33.7 Å². The molecular weight excluding hydrogens is 547 g/mol. The smallest absolute Gasteiger partial charge is 0.255 e. The molecule has 2 saturated heterocycles. The maximum Gasteiger partial charge on any atom is 0.255 e. The third kappa shape index (κ3) is 4.66. The minimum absolute atomic E-state index is 0.146. The van der Waals surface area contributed by atoms with Crippen LogP contribution >= 0.6 is 0 Å². The van der Waals surface area contributed by atoms with E-state index in [4.69, 9.17) is 0 Å². The van der Waals surface area contributed by atoms with Gasteiger partial charge >= 0.3 is 0 Å². The maximum absolute atomic E-state index is 15.3. The zero-order valence-corrected chi connectivity index (χ0v) is 23.7. The molecule has 3 aromatic carbocycles. The highest BCUT2D eigenvalue weighted by molar-refractivity contribution is 7.89. The fourth-order valence-corrected chi connectivity index (χ4v) is 8.02. The van der Waals surface area contributed by atoms with Gasteiger partial charge in [0, 0.05) is 62.2 Å². The van der Waals surface area contributed by atoms with Gasteiger partial charge in [0.05, 0.1) is 4.90 Å². The largest absolute Gasteiger partial charge is 0.377 e. The number of piperidine rings is 2. The van der Waals surface area contributed by atoms with E-state index >= 15 is 4.39 Å². The monoisotopic (exact) mass is 578 g/mol. The second-order valence-electron chi connectivity index (χ2n) is 11.1. The first-order valence-electron chi connectivity index (χ1n) is 13.7. The minimum atomic E-state index is -3.78. The fourth-order valence-electron chi connectivity index (χ4n) is 6.35.